The number of halogens is 10. The van der Waals surface area contributed by atoms with Crippen LogP contribution in [0.5, 0.6) is 5.75 Å². The number of hydrogen-bond donors (Lipinski definition) is 0. The van der Waals surface area contributed by atoms with Crippen molar-refractivity contribution in [2.75, 3.05) is 0 Å². The average Bonchev–Trinajstić information content (AvgIpc) is 3.00. The predicted octanol–water partition coefficient (Wildman–Crippen LogP) is 12.3. The van der Waals surface area contributed by atoms with Gasteiger partial charge in [0.15, 0.2) is 0 Å². The lowest BCUT2D eigenvalue weighted by Gasteiger charge is -2.20. The number of ether oxygens (including phenoxy) is 1. The molecule has 5 rings (SSSR count). The van der Waals surface area contributed by atoms with Gasteiger partial charge in [-0.3, -0.25) is 0 Å². The number of benzene rings is 5. The number of rotatable bonds is 10. The molecule has 0 saturated heterocycles. The van der Waals surface area contributed by atoms with Crippen molar-refractivity contribution < 1.29 is 48.6 Å². The molecule has 0 aliphatic heterocycles. The first-order valence-electron chi connectivity index (χ1n) is 14.8. The molecule has 11 heteroatoms. The van der Waals surface area contributed by atoms with E-state index in [1.165, 1.54) is 23.8 Å². The summed E-state index contributed by atoms with van der Waals surface area (Å²) < 4.78 is 146. The van der Waals surface area contributed by atoms with Gasteiger partial charge in [0.25, 0.3) is 0 Å². The minimum Gasteiger partial charge on any atom is -0.429 e. The SMILES string of the molecule is CCCCCc1ccc(-c2ccc(-c3ccc(-c4cc(F)c(C(F)(F)Oc5ccc(C(F)(F)F)c(F)c5)c(F)c4)c(F)c3)c(F)c2)cc1. The van der Waals surface area contributed by atoms with Crippen molar-refractivity contribution >= 4 is 0 Å². The molecule has 0 aromatic heterocycles. The van der Waals surface area contributed by atoms with Crippen molar-refractivity contribution in [1.29, 1.82) is 0 Å². The lowest BCUT2D eigenvalue weighted by Crippen LogP contribution is -2.25. The molecule has 0 aliphatic rings. The summed E-state index contributed by atoms with van der Waals surface area (Å²) in [4.78, 5) is 0. The smallest absolute Gasteiger partial charge is 0.429 e. The van der Waals surface area contributed by atoms with E-state index in [0.29, 0.717) is 23.8 Å². The number of aryl methyl sites for hydroxylation is 1. The Kier molecular flexibility index (Phi) is 9.89. The summed E-state index contributed by atoms with van der Waals surface area (Å²) >= 11 is 0. The summed E-state index contributed by atoms with van der Waals surface area (Å²) in [6, 6.07) is 16.8. The molecular weight excluding hydrogens is 650 g/mol. The molecule has 0 N–H and O–H groups in total. The Morgan fingerprint density at radius 3 is 1.62 bits per heavy atom. The summed E-state index contributed by atoms with van der Waals surface area (Å²) in [5.74, 6) is -8.51. The Morgan fingerprint density at radius 2 is 1.06 bits per heavy atom. The van der Waals surface area contributed by atoms with Gasteiger partial charge in [-0.05, 0) is 77.1 Å². The first kappa shape index (κ1) is 34.5. The minimum atomic E-state index is -5.12. The Morgan fingerprint density at radius 1 is 0.521 bits per heavy atom. The maximum Gasteiger partial charge on any atom is 0.432 e. The fraction of sp³-hybridized carbons (Fsp3) is 0.189. The molecule has 0 aliphatic carbocycles. The first-order chi connectivity index (χ1) is 22.7. The molecule has 0 unspecified atom stereocenters. The van der Waals surface area contributed by atoms with Gasteiger partial charge in [0.05, 0.1) is 5.56 Å². The van der Waals surface area contributed by atoms with Crippen LogP contribution >= 0.6 is 0 Å². The first-order valence-corrected chi connectivity index (χ1v) is 14.8. The van der Waals surface area contributed by atoms with Crippen molar-refractivity contribution in [3.8, 4) is 39.1 Å². The van der Waals surface area contributed by atoms with Crippen molar-refractivity contribution in [1.82, 2.24) is 0 Å². The molecule has 0 spiro atoms. The van der Waals surface area contributed by atoms with E-state index in [0.717, 1.165) is 43.4 Å². The standard InChI is InChI=1S/C37H26F10O/c1-2-3-4-5-21-6-8-22(9-7-21)23-10-13-27(30(38)16-23)24-11-14-28(31(39)17-24)25-18-33(41)35(34(42)19-25)37(46,47)48-26-12-15-29(32(40)20-26)36(43,44)45/h6-20H,2-5H2,1H3. The fourth-order valence-electron chi connectivity index (χ4n) is 5.28. The zero-order chi connectivity index (χ0) is 34.8. The number of unbranched alkanes of at least 4 members (excludes halogenated alkanes) is 2. The molecule has 0 radical (unpaired) electrons. The maximum absolute atomic E-state index is 15.2. The maximum atomic E-state index is 15.2. The molecule has 0 fully saturated rings. The van der Waals surface area contributed by atoms with Crippen LogP contribution in [0.1, 0.15) is 42.9 Å². The van der Waals surface area contributed by atoms with Crippen LogP contribution in [0.4, 0.5) is 43.9 Å². The Balaban J connectivity index is 1.36. The molecule has 48 heavy (non-hydrogen) atoms. The van der Waals surface area contributed by atoms with Crippen molar-refractivity contribution in [2.24, 2.45) is 0 Å². The molecule has 0 amide bonds. The highest BCUT2D eigenvalue weighted by molar-refractivity contribution is 5.74. The zero-order valence-corrected chi connectivity index (χ0v) is 25.2. The predicted molar refractivity (Wildman–Crippen MR) is 162 cm³/mol. The molecule has 5 aromatic carbocycles. The fourth-order valence-corrected chi connectivity index (χ4v) is 5.28. The zero-order valence-electron chi connectivity index (χ0n) is 25.2. The normalized spacial score (nSPS) is 12.0. The molecule has 0 atom stereocenters. The van der Waals surface area contributed by atoms with E-state index >= 15 is 8.78 Å². The Labute approximate surface area is 269 Å². The lowest BCUT2D eigenvalue weighted by molar-refractivity contribution is -0.189. The van der Waals surface area contributed by atoms with Crippen LogP contribution in [0.3, 0.4) is 0 Å². The van der Waals surface area contributed by atoms with Gasteiger partial charge in [-0.1, -0.05) is 68.3 Å². The van der Waals surface area contributed by atoms with Crippen LogP contribution < -0.4 is 4.74 Å². The largest absolute Gasteiger partial charge is 0.432 e. The van der Waals surface area contributed by atoms with Gasteiger partial charge in [-0.2, -0.15) is 22.0 Å². The lowest BCUT2D eigenvalue weighted by atomic mass is 9.96. The summed E-state index contributed by atoms with van der Waals surface area (Å²) in [6.07, 6.45) is -5.66. The van der Waals surface area contributed by atoms with Gasteiger partial charge in [-0.15, -0.1) is 0 Å². The van der Waals surface area contributed by atoms with E-state index < -0.39 is 69.4 Å². The van der Waals surface area contributed by atoms with Crippen LogP contribution in [0.2, 0.25) is 0 Å². The molecule has 250 valence electrons. The van der Waals surface area contributed by atoms with E-state index in [1.54, 1.807) is 6.07 Å². The number of hydrogen-bond acceptors (Lipinski definition) is 1. The van der Waals surface area contributed by atoms with Gasteiger partial charge in [0.2, 0.25) is 0 Å². The highest BCUT2D eigenvalue weighted by Crippen LogP contribution is 2.40. The minimum absolute atomic E-state index is 0.000734. The second-order valence-electron chi connectivity index (χ2n) is 11.1. The molecular formula is C37H26F10O. The summed E-state index contributed by atoms with van der Waals surface area (Å²) in [6.45, 7) is 2.13. The van der Waals surface area contributed by atoms with E-state index in [9.17, 15) is 35.1 Å². The third-order valence-corrected chi connectivity index (χ3v) is 7.74. The van der Waals surface area contributed by atoms with Gasteiger partial charge in [-0.25, -0.2) is 22.0 Å². The monoisotopic (exact) mass is 676 g/mol. The van der Waals surface area contributed by atoms with E-state index in [-0.39, 0.29) is 23.3 Å². The Bertz CT molecular complexity index is 1910. The molecule has 0 bridgehead atoms. The second-order valence-corrected chi connectivity index (χ2v) is 11.1. The van der Waals surface area contributed by atoms with Gasteiger partial charge >= 0.3 is 12.3 Å². The summed E-state index contributed by atoms with van der Waals surface area (Å²) in [5, 5.41) is 0. The van der Waals surface area contributed by atoms with Crippen molar-refractivity contribution in [3.63, 3.8) is 0 Å². The quantitative estimate of drug-likeness (QED) is 0.106. The van der Waals surface area contributed by atoms with Gasteiger partial charge < -0.3 is 4.74 Å². The molecule has 1 nitrogen and oxygen atoms in total. The Hall–Kier alpha value is -4.80. The van der Waals surface area contributed by atoms with E-state index in [4.69, 9.17) is 0 Å². The third kappa shape index (κ3) is 7.50. The van der Waals surface area contributed by atoms with Crippen molar-refractivity contribution in [2.45, 2.75) is 44.9 Å². The van der Waals surface area contributed by atoms with Crippen LogP contribution in [-0.2, 0) is 18.7 Å². The molecule has 0 heterocycles. The third-order valence-electron chi connectivity index (χ3n) is 7.74. The molecule has 5 aromatic rings. The van der Waals surface area contributed by atoms with E-state index in [2.05, 4.69) is 11.7 Å². The summed E-state index contributed by atoms with van der Waals surface area (Å²) in [7, 11) is 0. The highest BCUT2D eigenvalue weighted by atomic mass is 19.4. The second kappa shape index (κ2) is 13.7. The topological polar surface area (TPSA) is 9.23 Å². The van der Waals surface area contributed by atoms with Crippen LogP contribution in [0.25, 0.3) is 33.4 Å². The van der Waals surface area contributed by atoms with Gasteiger partial charge in [0.1, 0.15) is 40.4 Å². The van der Waals surface area contributed by atoms with Gasteiger partial charge in [0, 0.05) is 17.2 Å². The van der Waals surface area contributed by atoms with Crippen LogP contribution in [0, 0.1) is 29.1 Å². The molecule has 0 saturated carbocycles. The highest BCUT2D eigenvalue weighted by Gasteiger charge is 2.42. The van der Waals surface area contributed by atoms with E-state index in [1.807, 2.05) is 24.3 Å². The van der Waals surface area contributed by atoms with Crippen LogP contribution in [0.15, 0.2) is 91.0 Å². The number of alkyl halides is 5. The summed E-state index contributed by atoms with van der Waals surface area (Å²) in [5.41, 5.74) is -1.86. The van der Waals surface area contributed by atoms with Crippen molar-refractivity contribution in [3.05, 3.63) is 137 Å². The average molecular weight is 677 g/mol. The van der Waals surface area contributed by atoms with Crippen LogP contribution in [-0.4, -0.2) is 0 Å².